The fraction of sp³-hybridized carbons (Fsp3) is 0.588. The molecule has 108 valence electrons. The summed E-state index contributed by atoms with van der Waals surface area (Å²) in [6, 6.07) is 8.52. The third-order valence-corrected chi connectivity index (χ3v) is 5.24. The highest BCUT2D eigenvalue weighted by molar-refractivity contribution is 5.84. The van der Waals surface area contributed by atoms with E-state index >= 15 is 0 Å². The van der Waals surface area contributed by atoms with Crippen LogP contribution in [0.15, 0.2) is 24.3 Å². The number of carbonyl (C=O) groups excluding carboxylic acids is 1. The summed E-state index contributed by atoms with van der Waals surface area (Å²) in [6.45, 7) is 3.81. The summed E-state index contributed by atoms with van der Waals surface area (Å²) in [5.41, 5.74) is 2.30. The summed E-state index contributed by atoms with van der Waals surface area (Å²) in [5.74, 6) is 1.23. The van der Waals surface area contributed by atoms with Crippen LogP contribution < -0.4 is 0 Å². The molecule has 2 aliphatic carbocycles. The first kappa shape index (κ1) is 13.6. The Morgan fingerprint density at radius 2 is 2.10 bits per heavy atom. The molecule has 0 bridgehead atoms. The van der Waals surface area contributed by atoms with Crippen molar-refractivity contribution in [2.75, 3.05) is 13.7 Å². The number of amides is 1. The van der Waals surface area contributed by atoms with Gasteiger partial charge in [-0.3, -0.25) is 4.79 Å². The minimum Gasteiger partial charge on any atom is -0.394 e. The van der Waals surface area contributed by atoms with E-state index in [2.05, 4.69) is 24.3 Å². The van der Waals surface area contributed by atoms with Gasteiger partial charge < -0.3 is 10.0 Å². The zero-order valence-corrected chi connectivity index (χ0v) is 12.5. The normalized spacial score (nSPS) is 27.5. The minimum atomic E-state index is -0.484. The van der Waals surface area contributed by atoms with Gasteiger partial charge in [0.15, 0.2) is 0 Å². The van der Waals surface area contributed by atoms with E-state index in [1.165, 1.54) is 11.1 Å². The number of hydrogen-bond acceptors (Lipinski definition) is 2. The van der Waals surface area contributed by atoms with Crippen LogP contribution in [0.25, 0.3) is 0 Å². The first-order valence-electron chi connectivity index (χ1n) is 7.43. The number of likely N-dealkylation sites (N-methyl/N-ethyl adjacent to an activating group) is 1. The van der Waals surface area contributed by atoms with Gasteiger partial charge in [-0.2, -0.15) is 0 Å². The molecule has 1 amide bonds. The predicted molar refractivity (Wildman–Crippen MR) is 78.4 cm³/mol. The molecule has 0 heterocycles. The number of benzene rings is 1. The second-order valence-corrected chi connectivity index (χ2v) is 6.82. The Hall–Kier alpha value is -1.35. The van der Waals surface area contributed by atoms with Gasteiger partial charge in [0.25, 0.3) is 0 Å². The van der Waals surface area contributed by atoms with Gasteiger partial charge in [0.05, 0.1) is 12.1 Å². The van der Waals surface area contributed by atoms with Crippen LogP contribution in [0.3, 0.4) is 0 Å². The molecule has 3 unspecified atom stereocenters. The van der Waals surface area contributed by atoms with E-state index in [1.54, 1.807) is 4.90 Å². The number of fused-ring (bicyclic) bond motifs is 3. The largest absolute Gasteiger partial charge is 0.394 e. The molecule has 1 aromatic rings. The maximum atomic E-state index is 12.7. The summed E-state index contributed by atoms with van der Waals surface area (Å²) in [4.78, 5) is 14.4. The summed E-state index contributed by atoms with van der Waals surface area (Å²) in [5, 5.41) is 9.44. The van der Waals surface area contributed by atoms with Crippen molar-refractivity contribution in [3.05, 3.63) is 35.4 Å². The van der Waals surface area contributed by atoms with Crippen molar-refractivity contribution in [1.82, 2.24) is 4.90 Å². The molecule has 3 rings (SSSR count). The molecular formula is C17H23NO2. The number of aliphatic hydroxyl groups is 1. The highest BCUT2D eigenvalue weighted by Crippen LogP contribution is 2.60. The molecule has 1 fully saturated rings. The molecule has 2 aliphatic rings. The number of hydrogen-bond donors (Lipinski definition) is 1. The van der Waals surface area contributed by atoms with Crippen LogP contribution in [-0.2, 0) is 11.2 Å². The molecule has 3 nitrogen and oxygen atoms in total. The van der Waals surface area contributed by atoms with E-state index in [9.17, 15) is 9.90 Å². The second-order valence-electron chi connectivity index (χ2n) is 6.82. The second kappa shape index (κ2) is 4.59. The van der Waals surface area contributed by atoms with Gasteiger partial charge in [0.2, 0.25) is 5.91 Å². The zero-order chi connectivity index (χ0) is 14.5. The Balaban J connectivity index is 1.81. The van der Waals surface area contributed by atoms with Gasteiger partial charge in [-0.15, -0.1) is 0 Å². The molecule has 1 aromatic carbocycles. The first-order chi connectivity index (χ1) is 9.47. The van der Waals surface area contributed by atoms with E-state index in [-0.39, 0.29) is 18.4 Å². The van der Waals surface area contributed by atoms with Crippen molar-refractivity contribution in [1.29, 1.82) is 0 Å². The van der Waals surface area contributed by atoms with Crippen LogP contribution >= 0.6 is 0 Å². The van der Waals surface area contributed by atoms with Crippen molar-refractivity contribution in [3.63, 3.8) is 0 Å². The molecular weight excluding hydrogens is 250 g/mol. The zero-order valence-electron chi connectivity index (χ0n) is 12.5. The molecule has 3 atom stereocenters. The van der Waals surface area contributed by atoms with Crippen molar-refractivity contribution in [2.24, 2.45) is 11.8 Å². The fourth-order valence-electron chi connectivity index (χ4n) is 3.53. The molecule has 0 radical (unpaired) electrons. The molecule has 1 saturated carbocycles. The fourth-order valence-corrected chi connectivity index (χ4v) is 3.53. The van der Waals surface area contributed by atoms with Gasteiger partial charge >= 0.3 is 0 Å². The number of aryl methyl sites for hydroxylation is 1. The van der Waals surface area contributed by atoms with Crippen LogP contribution in [0.4, 0.5) is 0 Å². The lowest BCUT2D eigenvalue weighted by Crippen LogP contribution is -2.48. The SMILES string of the molecule is CN(C(=O)C1C2CCc3ccccc3C21)C(C)(C)CO. The van der Waals surface area contributed by atoms with Crippen LogP contribution in [0, 0.1) is 11.8 Å². The van der Waals surface area contributed by atoms with E-state index in [0.29, 0.717) is 11.8 Å². The lowest BCUT2D eigenvalue weighted by atomic mass is 9.92. The van der Waals surface area contributed by atoms with E-state index in [1.807, 2.05) is 20.9 Å². The highest BCUT2D eigenvalue weighted by Gasteiger charge is 2.58. The van der Waals surface area contributed by atoms with E-state index in [0.717, 1.165) is 12.8 Å². The van der Waals surface area contributed by atoms with Crippen LogP contribution in [-0.4, -0.2) is 35.1 Å². The minimum absolute atomic E-state index is 0.00607. The van der Waals surface area contributed by atoms with E-state index in [4.69, 9.17) is 0 Å². The van der Waals surface area contributed by atoms with Crippen LogP contribution in [0.5, 0.6) is 0 Å². The average Bonchev–Trinajstić information content (AvgIpc) is 3.20. The first-order valence-corrected chi connectivity index (χ1v) is 7.43. The van der Waals surface area contributed by atoms with Gasteiger partial charge in [0.1, 0.15) is 0 Å². The molecule has 0 aliphatic heterocycles. The van der Waals surface area contributed by atoms with Gasteiger partial charge in [-0.25, -0.2) is 0 Å². The maximum absolute atomic E-state index is 12.7. The Morgan fingerprint density at radius 1 is 1.40 bits per heavy atom. The van der Waals surface area contributed by atoms with Crippen LogP contribution in [0.2, 0.25) is 0 Å². The Labute approximate surface area is 120 Å². The van der Waals surface area contributed by atoms with Crippen molar-refractivity contribution in [3.8, 4) is 0 Å². The Bertz CT molecular complexity index is 538. The molecule has 0 spiro atoms. The number of carbonyl (C=O) groups is 1. The van der Waals surface area contributed by atoms with Gasteiger partial charge in [0, 0.05) is 13.0 Å². The average molecular weight is 273 g/mol. The smallest absolute Gasteiger partial charge is 0.226 e. The molecule has 0 aromatic heterocycles. The van der Waals surface area contributed by atoms with Crippen LogP contribution in [0.1, 0.15) is 37.3 Å². The number of rotatable bonds is 3. The topological polar surface area (TPSA) is 40.5 Å². The van der Waals surface area contributed by atoms with Crippen molar-refractivity contribution < 1.29 is 9.90 Å². The van der Waals surface area contributed by atoms with Gasteiger partial charge in [-0.05, 0) is 49.7 Å². The summed E-state index contributed by atoms with van der Waals surface area (Å²) < 4.78 is 0. The lowest BCUT2D eigenvalue weighted by Gasteiger charge is -2.34. The summed E-state index contributed by atoms with van der Waals surface area (Å²) >= 11 is 0. The number of nitrogens with zero attached hydrogens (tertiary/aromatic N) is 1. The third kappa shape index (κ3) is 1.96. The Kier molecular flexibility index (Phi) is 3.13. The van der Waals surface area contributed by atoms with Crippen molar-refractivity contribution in [2.45, 2.75) is 38.1 Å². The molecule has 20 heavy (non-hydrogen) atoms. The Morgan fingerprint density at radius 3 is 2.80 bits per heavy atom. The predicted octanol–water partition coefficient (Wildman–Crippen LogP) is 2.19. The summed E-state index contributed by atoms with van der Waals surface area (Å²) in [7, 11) is 1.81. The third-order valence-electron chi connectivity index (χ3n) is 5.24. The lowest BCUT2D eigenvalue weighted by molar-refractivity contribution is -0.137. The molecule has 3 heteroatoms. The quantitative estimate of drug-likeness (QED) is 0.917. The van der Waals surface area contributed by atoms with Crippen molar-refractivity contribution >= 4 is 5.91 Å². The van der Waals surface area contributed by atoms with E-state index < -0.39 is 5.54 Å². The van der Waals surface area contributed by atoms with Gasteiger partial charge in [-0.1, -0.05) is 24.3 Å². The molecule has 0 saturated heterocycles. The maximum Gasteiger partial charge on any atom is 0.226 e. The number of aliphatic hydroxyl groups excluding tert-OH is 1. The highest BCUT2D eigenvalue weighted by atomic mass is 16.3. The monoisotopic (exact) mass is 273 g/mol. The summed E-state index contributed by atoms with van der Waals surface area (Å²) in [6.07, 6.45) is 2.21. The standard InChI is InChI=1S/C17H23NO2/c1-17(2,10-19)18(3)16(20)15-13-9-8-11-6-4-5-7-12(11)14(13)15/h4-7,13-15,19H,8-10H2,1-3H3. The molecule has 1 N–H and O–H groups in total.